The molecule has 1 aromatic rings. The van der Waals surface area contributed by atoms with Crippen LogP contribution in [0.4, 0.5) is 0 Å². The van der Waals surface area contributed by atoms with Crippen LogP contribution in [0.2, 0.25) is 0 Å². The molecule has 1 rings (SSSR count). The van der Waals surface area contributed by atoms with Crippen LogP contribution >= 0.6 is 0 Å². The van der Waals surface area contributed by atoms with Crippen molar-refractivity contribution in [3.05, 3.63) is 23.8 Å². The van der Waals surface area contributed by atoms with Crippen molar-refractivity contribution >= 4 is 5.78 Å². The second-order valence-electron chi connectivity index (χ2n) is 3.86. The molecule has 5 heteroatoms. The van der Waals surface area contributed by atoms with Gasteiger partial charge in [0.2, 0.25) is 0 Å². The van der Waals surface area contributed by atoms with E-state index >= 15 is 0 Å². The molecule has 0 heterocycles. The van der Waals surface area contributed by atoms with E-state index in [0.29, 0.717) is 24.3 Å². The first-order chi connectivity index (χ1) is 7.54. The number of hydrogen-bond acceptors (Lipinski definition) is 4. The zero-order valence-electron chi connectivity index (χ0n) is 10.2. The largest absolute Gasteiger partial charge is 1.00 e. The Balaban J connectivity index is 0.00000256. The van der Waals surface area contributed by atoms with Gasteiger partial charge in [-0.05, 0) is 32.3 Å². The summed E-state index contributed by atoms with van der Waals surface area (Å²) in [6.45, 7) is 0.710. The van der Waals surface area contributed by atoms with Crippen LogP contribution in [0, 0.1) is 0 Å². The molecule has 0 fully saturated rings. The van der Waals surface area contributed by atoms with E-state index in [2.05, 4.69) is 0 Å². The monoisotopic (exact) mass is 258 g/mol. The van der Waals surface area contributed by atoms with Crippen molar-refractivity contribution in [2.75, 3.05) is 27.7 Å². The number of hydrogen-bond donors (Lipinski definition) is 1. The van der Waals surface area contributed by atoms with Crippen molar-refractivity contribution in [3.8, 4) is 11.5 Å². The van der Waals surface area contributed by atoms with Crippen molar-refractivity contribution in [1.29, 1.82) is 0 Å². The number of carbonyl (C=O) groups is 1. The Morgan fingerprint density at radius 1 is 1.41 bits per heavy atom. The zero-order chi connectivity index (χ0) is 12.1. The van der Waals surface area contributed by atoms with Crippen molar-refractivity contribution in [1.82, 2.24) is 4.90 Å². The van der Waals surface area contributed by atoms with E-state index in [-0.39, 0.29) is 23.9 Å². The molecule has 1 aromatic carbocycles. The molecule has 0 aliphatic carbocycles. The van der Waals surface area contributed by atoms with E-state index in [9.17, 15) is 9.90 Å². The van der Waals surface area contributed by atoms with Gasteiger partial charge in [0.15, 0.2) is 17.3 Å². The normalized spacial score (nSPS) is 9.88. The Kier molecular flexibility index (Phi) is 6.61. The molecule has 0 aliphatic rings. The molecule has 0 unspecified atom stereocenters. The maximum Gasteiger partial charge on any atom is 0.164 e. The van der Waals surface area contributed by atoms with Crippen LogP contribution in [0.15, 0.2) is 18.2 Å². The van der Waals surface area contributed by atoms with Gasteiger partial charge >= 0.3 is 0 Å². The summed E-state index contributed by atoms with van der Waals surface area (Å²) >= 11 is 0. The van der Waals surface area contributed by atoms with E-state index in [1.807, 2.05) is 19.0 Å². The van der Waals surface area contributed by atoms with Gasteiger partial charge in [-0.3, -0.25) is 4.79 Å². The Morgan fingerprint density at radius 2 is 2.06 bits per heavy atom. The summed E-state index contributed by atoms with van der Waals surface area (Å²) in [5, 5.41) is 9.39. The number of rotatable bonds is 5. The van der Waals surface area contributed by atoms with Gasteiger partial charge in [-0.25, -0.2) is 0 Å². The molecule has 0 aliphatic heterocycles. The predicted octanol–water partition coefficient (Wildman–Crippen LogP) is -1.46. The highest BCUT2D eigenvalue weighted by Gasteiger charge is 2.09. The highest BCUT2D eigenvalue weighted by atomic mass is 35.5. The van der Waals surface area contributed by atoms with Gasteiger partial charge in [-0.2, -0.15) is 0 Å². The molecule has 0 radical (unpaired) electrons. The minimum atomic E-state index is 0. The molecule has 0 bridgehead atoms. The molecule has 0 atom stereocenters. The van der Waals surface area contributed by atoms with Gasteiger partial charge in [-0.15, -0.1) is 0 Å². The summed E-state index contributed by atoms with van der Waals surface area (Å²) in [6, 6.07) is 4.64. The summed E-state index contributed by atoms with van der Waals surface area (Å²) < 4.78 is 4.95. The van der Waals surface area contributed by atoms with Crippen molar-refractivity contribution in [2.45, 2.75) is 6.42 Å². The topological polar surface area (TPSA) is 49.8 Å². The Bertz CT molecular complexity index is 380. The van der Waals surface area contributed by atoms with E-state index in [0.717, 1.165) is 0 Å². The predicted molar refractivity (Wildman–Crippen MR) is 62.2 cm³/mol. The minimum absolute atomic E-state index is 0. The smallest absolute Gasteiger partial charge is 0.164 e. The number of methoxy groups -OCH3 is 1. The number of halogens is 1. The fourth-order valence-corrected chi connectivity index (χ4v) is 1.32. The highest BCUT2D eigenvalue weighted by molar-refractivity contribution is 5.96. The number of phenols is 1. The van der Waals surface area contributed by atoms with Crippen molar-refractivity contribution in [3.63, 3.8) is 0 Å². The number of Topliss-reactive ketones (excluding diaryl/α,β-unsaturated/α-hetero) is 1. The summed E-state index contributed by atoms with van der Waals surface area (Å²) in [5.74, 6) is 0.425. The lowest BCUT2D eigenvalue weighted by molar-refractivity contribution is -0.0000125. The maximum atomic E-state index is 11.8. The van der Waals surface area contributed by atoms with Crippen LogP contribution in [0.1, 0.15) is 16.8 Å². The molecule has 0 spiro atoms. The third kappa shape index (κ3) is 4.63. The molecule has 0 aromatic heterocycles. The second-order valence-corrected chi connectivity index (χ2v) is 3.86. The summed E-state index contributed by atoms with van der Waals surface area (Å²) in [6.07, 6.45) is 0.459. The quantitative estimate of drug-likeness (QED) is 0.656. The van der Waals surface area contributed by atoms with Gasteiger partial charge in [-0.1, -0.05) is 0 Å². The summed E-state index contributed by atoms with van der Waals surface area (Å²) in [7, 11) is 5.30. The van der Waals surface area contributed by atoms with E-state index in [1.165, 1.54) is 13.2 Å². The Hall–Kier alpha value is -1.26. The van der Waals surface area contributed by atoms with Gasteiger partial charge in [0, 0.05) is 18.5 Å². The van der Waals surface area contributed by atoms with Crippen LogP contribution in [-0.2, 0) is 0 Å². The first kappa shape index (κ1) is 15.7. The molecule has 17 heavy (non-hydrogen) atoms. The number of benzene rings is 1. The van der Waals surface area contributed by atoms with Crippen molar-refractivity contribution < 1.29 is 27.0 Å². The SMILES string of the molecule is COc1cc(C(=O)CCN(C)C)ccc1O.[Cl-]. The van der Waals surface area contributed by atoms with Crippen molar-refractivity contribution in [2.24, 2.45) is 0 Å². The molecule has 4 nitrogen and oxygen atoms in total. The highest BCUT2D eigenvalue weighted by Crippen LogP contribution is 2.26. The van der Waals surface area contributed by atoms with E-state index < -0.39 is 0 Å². The number of ether oxygens (including phenoxy) is 1. The minimum Gasteiger partial charge on any atom is -1.00 e. The number of aromatic hydroxyl groups is 1. The van der Waals surface area contributed by atoms with Gasteiger partial charge in [0.05, 0.1) is 7.11 Å². The number of phenolic OH excluding ortho intramolecular Hbond substituents is 1. The lowest BCUT2D eigenvalue weighted by atomic mass is 10.1. The standard InChI is InChI=1S/C12H17NO3.ClH/c1-13(2)7-6-10(14)9-4-5-11(15)12(8-9)16-3;/h4-5,8,15H,6-7H2,1-3H3;1H/p-1. The van der Waals surface area contributed by atoms with Gasteiger partial charge < -0.3 is 27.2 Å². The average Bonchev–Trinajstić information content (AvgIpc) is 2.26. The zero-order valence-corrected chi connectivity index (χ0v) is 11.0. The molecule has 0 saturated heterocycles. The first-order valence-corrected chi connectivity index (χ1v) is 5.09. The van der Waals surface area contributed by atoms with Crippen LogP contribution < -0.4 is 17.1 Å². The maximum absolute atomic E-state index is 11.8. The second kappa shape index (κ2) is 7.14. The molecule has 96 valence electrons. The fourth-order valence-electron chi connectivity index (χ4n) is 1.32. The fraction of sp³-hybridized carbons (Fsp3) is 0.417. The lowest BCUT2D eigenvalue weighted by Crippen LogP contribution is -3.00. The van der Waals surface area contributed by atoms with Crippen LogP contribution in [-0.4, -0.2) is 43.5 Å². The van der Waals surface area contributed by atoms with E-state index in [1.54, 1.807) is 12.1 Å². The number of ketones is 1. The third-order valence-electron chi connectivity index (χ3n) is 2.29. The number of nitrogens with zero attached hydrogens (tertiary/aromatic N) is 1. The van der Waals surface area contributed by atoms with Crippen LogP contribution in [0.5, 0.6) is 11.5 Å². The Labute approximate surface area is 108 Å². The van der Waals surface area contributed by atoms with E-state index in [4.69, 9.17) is 4.74 Å². The molecule has 0 amide bonds. The molecule has 1 N–H and O–H groups in total. The molecular formula is C12H17ClNO3-. The molecule has 0 saturated carbocycles. The average molecular weight is 259 g/mol. The third-order valence-corrected chi connectivity index (χ3v) is 2.29. The lowest BCUT2D eigenvalue weighted by Gasteiger charge is -2.09. The Morgan fingerprint density at radius 3 is 2.59 bits per heavy atom. The first-order valence-electron chi connectivity index (χ1n) is 5.09. The van der Waals surface area contributed by atoms with Crippen LogP contribution in [0.25, 0.3) is 0 Å². The van der Waals surface area contributed by atoms with Gasteiger partial charge in [0.1, 0.15) is 0 Å². The van der Waals surface area contributed by atoms with Crippen LogP contribution in [0.3, 0.4) is 0 Å². The summed E-state index contributed by atoms with van der Waals surface area (Å²) in [5.41, 5.74) is 0.566. The number of carbonyl (C=O) groups excluding carboxylic acids is 1. The molecular weight excluding hydrogens is 242 g/mol. The summed E-state index contributed by atoms with van der Waals surface area (Å²) in [4.78, 5) is 13.7. The van der Waals surface area contributed by atoms with Gasteiger partial charge in [0.25, 0.3) is 0 Å².